The Morgan fingerprint density at radius 2 is 2.09 bits per heavy atom. The molecule has 1 aromatic carbocycles. The molecule has 23 heavy (non-hydrogen) atoms. The van der Waals surface area contributed by atoms with Crippen molar-refractivity contribution in [2.45, 2.75) is 26.3 Å². The average Bonchev–Trinajstić information content (AvgIpc) is 2.49. The number of rotatable bonds is 4. The van der Waals surface area contributed by atoms with Crippen molar-refractivity contribution >= 4 is 17.6 Å². The molecule has 0 bridgehead atoms. The summed E-state index contributed by atoms with van der Waals surface area (Å²) < 4.78 is 1.53. The highest BCUT2D eigenvalue weighted by Crippen LogP contribution is 2.26. The Morgan fingerprint density at radius 1 is 1.43 bits per heavy atom. The minimum atomic E-state index is -1.07. The Labute approximate surface area is 138 Å². The molecule has 2 aromatic rings. The third-order valence-corrected chi connectivity index (χ3v) is 4.19. The van der Waals surface area contributed by atoms with Crippen LogP contribution in [0.15, 0.2) is 23.0 Å². The SMILES string of the molecule is Cc1nc(-c2ccc(C[C@H](N)C(=O)O)cc2Cl)c(=O)n(C)c1C. The molecule has 0 radical (unpaired) electrons. The standard InChI is InChI=1S/C16H18ClN3O3/c1-8-9(2)20(3)15(21)14(19-8)11-5-4-10(6-12(11)17)7-13(18)16(22)23/h4-6,13H,7,18H2,1-3H3,(H,22,23)/t13-/m0/s1. The van der Waals surface area contributed by atoms with Crippen molar-refractivity contribution in [2.75, 3.05) is 0 Å². The monoisotopic (exact) mass is 335 g/mol. The highest BCUT2D eigenvalue weighted by Gasteiger charge is 2.16. The number of carboxylic acids is 1. The van der Waals surface area contributed by atoms with E-state index in [2.05, 4.69) is 4.98 Å². The normalized spacial score (nSPS) is 12.2. The summed E-state index contributed by atoms with van der Waals surface area (Å²) in [5.41, 5.74) is 8.30. The van der Waals surface area contributed by atoms with E-state index >= 15 is 0 Å². The zero-order valence-corrected chi connectivity index (χ0v) is 13.9. The maximum atomic E-state index is 12.4. The number of carbonyl (C=O) groups is 1. The first-order valence-corrected chi connectivity index (χ1v) is 7.41. The molecule has 1 aromatic heterocycles. The molecule has 6 nitrogen and oxygen atoms in total. The van der Waals surface area contributed by atoms with Crippen LogP contribution in [0.2, 0.25) is 5.02 Å². The molecular formula is C16H18ClN3O3. The Bertz CT molecular complexity index is 830. The van der Waals surface area contributed by atoms with Gasteiger partial charge in [0.2, 0.25) is 0 Å². The molecule has 0 spiro atoms. The maximum Gasteiger partial charge on any atom is 0.320 e. The van der Waals surface area contributed by atoms with E-state index in [1.807, 2.05) is 13.8 Å². The zero-order valence-electron chi connectivity index (χ0n) is 13.1. The van der Waals surface area contributed by atoms with Crippen LogP contribution >= 0.6 is 11.6 Å². The van der Waals surface area contributed by atoms with E-state index in [0.29, 0.717) is 16.1 Å². The number of benzene rings is 1. The molecule has 0 aliphatic carbocycles. The van der Waals surface area contributed by atoms with Gasteiger partial charge in [-0.25, -0.2) is 4.98 Å². The lowest BCUT2D eigenvalue weighted by molar-refractivity contribution is -0.138. The van der Waals surface area contributed by atoms with Crippen molar-refractivity contribution < 1.29 is 9.90 Å². The Hall–Kier alpha value is -2.18. The van der Waals surface area contributed by atoms with Gasteiger partial charge >= 0.3 is 5.97 Å². The number of aliphatic carboxylic acids is 1. The van der Waals surface area contributed by atoms with Crippen molar-refractivity contribution in [3.05, 3.63) is 50.5 Å². The van der Waals surface area contributed by atoms with E-state index in [0.717, 1.165) is 11.4 Å². The van der Waals surface area contributed by atoms with Crippen molar-refractivity contribution in [2.24, 2.45) is 12.8 Å². The maximum absolute atomic E-state index is 12.4. The number of nitrogens with zero attached hydrogens (tertiary/aromatic N) is 2. The largest absolute Gasteiger partial charge is 0.480 e. The van der Waals surface area contributed by atoms with Crippen LogP contribution in [0.3, 0.4) is 0 Å². The minimum absolute atomic E-state index is 0.160. The summed E-state index contributed by atoms with van der Waals surface area (Å²) in [6.07, 6.45) is 0.160. The highest BCUT2D eigenvalue weighted by atomic mass is 35.5. The van der Waals surface area contributed by atoms with Crippen molar-refractivity contribution in [3.8, 4) is 11.3 Å². The van der Waals surface area contributed by atoms with Gasteiger partial charge in [-0.15, -0.1) is 0 Å². The fraction of sp³-hybridized carbons (Fsp3) is 0.312. The van der Waals surface area contributed by atoms with Crippen LogP contribution in [0.1, 0.15) is 17.0 Å². The van der Waals surface area contributed by atoms with Gasteiger partial charge in [-0.2, -0.15) is 0 Å². The second kappa shape index (κ2) is 6.52. The lowest BCUT2D eigenvalue weighted by Gasteiger charge is -2.12. The number of carboxylic acid groups (broad SMARTS) is 1. The van der Waals surface area contributed by atoms with E-state index in [9.17, 15) is 9.59 Å². The van der Waals surface area contributed by atoms with Crippen LogP contribution in [-0.2, 0) is 18.3 Å². The molecule has 0 unspecified atom stereocenters. The van der Waals surface area contributed by atoms with Gasteiger partial charge < -0.3 is 15.4 Å². The summed E-state index contributed by atoms with van der Waals surface area (Å²) in [7, 11) is 1.68. The number of aromatic nitrogens is 2. The number of aryl methyl sites for hydroxylation is 1. The third-order valence-electron chi connectivity index (χ3n) is 3.87. The van der Waals surface area contributed by atoms with E-state index < -0.39 is 12.0 Å². The Morgan fingerprint density at radius 3 is 2.65 bits per heavy atom. The quantitative estimate of drug-likeness (QED) is 0.885. The molecule has 0 aliphatic heterocycles. The van der Waals surface area contributed by atoms with Crippen LogP contribution in [0.5, 0.6) is 0 Å². The second-order valence-electron chi connectivity index (χ2n) is 5.46. The van der Waals surface area contributed by atoms with Crippen LogP contribution < -0.4 is 11.3 Å². The molecule has 1 atom stereocenters. The van der Waals surface area contributed by atoms with Crippen molar-refractivity contribution in [3.63, 3.8) is 0 Å². The van der Waals surface area contributed by atoms with Gasteiger partial charge in [-0.05, 0) is 31.9 Å². The zero-order chi connectivity index (χ0) is 17.3. The van der Waals surface area contributed by atoms with Crippen molar-refractivity contribution in [1.29, 1.82) is 0 Å². The molecule has 0 saturated heterocycles. The average molecular weight is 336 g/mol. The molecule has 0 saturated carbocycles. The van der Waals surface area contributed by atoms with Gasteiger partial charge in [0.1, 0.15) is 11.7 Å². The summed E-state index contributed by atoms with van der Waals surface area (Å²) in [6, 6.07) is 4.01. The summed E-state index contributed by atoms with van der Waals surface area (Å²) in [5, 5.41) is 9.20. The smallest absolute Gasteiger partial charge is 0.320 e. The first-order chi connectivity index (χ1) is 10.7. The van der Waals surface area contributed by atoms with Gasteiger partial charge in [0, 0.05) is 18.3 Å². The molecule has 2 rings (SSSR count). The minimum Gasteiger partial charge on any atom is -0.480 e. The molecule has 0 fully saturated rings. The summed E-state index contributed by atoms with van der Waals surface area (Å²) >= 11 is 6.27. The first-order valence-electron chi connectivity index (χ1n) is 7.03. The van der Waals surface area contributed by atoms with Crippen molar-refractivity contribution in [1.82, 2.24) is 9.55 Å². The molecule has 1 heterocycles. The van der Waals surface area contributed by atoms with Gasteiger partial charge in [0.25, 0.3) is 5.56 Å². The van der Waals surface area contributed by atoms with Crippen LogP contribution in [0, 0.1) is 13.8 Å². The molecule has 3 N–H and O–H groups in total. The Kier molecular flexibility index (Phi) is 4.87. The van der Waals surface area contributed by atoms with E-state index in [4.69, 9.17) is 22.4 Å². The summed E-state index contributed by atoms with van der Waals surface area (Å²) in [4.78, 5) is 27.6. The Balaban J connectivity index is 2.47. The number of halogens is 1. The highest BCUT2D eigenvalue weighted by molar-refractivity contribution is 6.33. The molecule has 0 amide bonds. The fourth-order valence-electron chi connectivity index (χ4n) is 2.24. The van der Waals surface area contributed by atoms with E-state index in [-0.39, 0.29) is 17.7 Å². The molecular weight excluding hydrogens is 318 g/mol. The van der Waals surface area contributed by atoms with E-state index in [1.54, 1.807) is 25.2 Å². The van der Waals surface area contributed by atoms with Crippen LogP contribution in [-0.4, -0.2) is 26.7 Å². The fourth-order valence-corrected chi connectivity index (χ4v) is 2.54. The number of hydrogen-bond donors (Lipinski definition) is 2. The molecule has 7 heteroatoms. The molecule has 0 aliphatic rings. The second-order valence-corrected chi connectivity index (χ2v) is 5.87. The van der Waals surface area contributed by atoms with Gasteiger partial charge in [-0.3, -0.25) is 9.59 Å². The number of hydrogen-bond acceptors (Lipinski definition) is 4. The lowest BCUT2D eigenvalue weighted by atomic mass is 10.0. The summed E-state index contributed by atoms with van der Waals surface area (Å²) in [5.74, 6) is -1.07. The third kappa shape index (κ3) is 3.43. The van der Waals surface area contributed by atoms with Gasteiger partial charge in [0.15, 0.2) is 0 Å². The van der Waals surface area contributed by atoms with Gasteiger partial charge in [-0.1, -0.05) is 23.7 Å². The van der Waals surface area contributed by atoms with E-state index in [1.165, 1.54) is 4.57 Å². The first kappa shape index (κ1) is 17.2. The van der Waals surface area contributed by atoms with Crippen LogP contribution in [0.4, 0.5) is 0 Å². The van der Waals surface area contributed by atoms with Gasteiger partial charge in [0.05, 0.1) is 10.7 Å². The predicted octanol–water partition coefficient (Wildman–Crippen LogP) is 1.67. The topological polar surface area (TPSA) is 98.2 Å². The summed E-state index contributed by atoms with van der Waals surface area (Å²) in [6.45, 7) is 3.65. The number of nitrogens with two attached hydrogens (primary N) is 1. The lowest BCUT2D eigenvalue weighted by Crippen LogP contribution is -2.32. The van der Waals surface area contributed by atoms with Crippen LogP contribution in [0.25, 0.3) is 11.3 Å². The molecule has 122 valence electrons. The predicted molar refractivity (Wildman–Crippen MR) is 88.7 cm³/mol.